The van der Waals surface area contributed by atoms with Crippen molar-refractivity contribution in [3.05, 3.63) is 29.8 Å². The molecule has 0 aromatic heterocycles. The van der Waals surface area contributed by atoms with Gasteiger partial charge in [0.1, 0.15) is 0 Å². The molecule has 0 fully saturated rings. The minimum Gasteiger partial charge on any atom is -0.382 e. The smallest absolute Gasteiger partial charge is 0.251 e. The minimum absolute atomic E-state index is 0.00902. The highest BCUT2D eigenvalue weighted by Crippen LogP contribution is 2.15. The first-order chi connectivity index (χ1) is 9.56. The van der Waals surface area contributed by atoms with Crippen LogP contribution in [0, 0.1) is 0 Å². The Balaban J connectivity index is 2.69. The molecule has 0 aliphatic carbocycles. The number of amides is 1. The number of benzene rings is 1. The minimum atomic E-state index is -0.00902. The molecule has 2 N–H and O–H groups in total. The molecule has 112 valence electrons. The summed E-state index contributed by atoms with van der Waals surface area (Å²) in [5, 5.41) is 6.45. The first-order valence-corrected chi connectivity index (χ1v) is 7.74. The zero-order valence-electron chi connectivity index (χ0n) is 13.2. The summed E-state index contributed by atoms with van der Waals surface area (Å²) >= 11 is 0. The molecule has 1 atom stereocenters. The Morgan fingerprint density at radius 1 is 1.25 bits per heavy atom. The second kappa shape index (κ2) is 8.62. The Morgan fingerprint density at radius 3 is 2.60 bits per heavy atom. The lowest BCUT2D eigenvalue weighted by Crippen LogP contribution is -2.30. The average molecular weight is 276 g/mol. The van der Waals surface area contributed by atoms with E-state index in [1.165, 1.54) is 19.3 Å². The lowest BCUT2D eigenvalue weighted by atomic mass is 10.1. The summed E-state index contributed by atoms with van der Waals surface area (Å²) < 4.78 is 0. The fourth-order valence-corrected chi connectivity index (χ4v) is 2.16. The highest BCUT2D eigenvalue weighted by atomic mass is 16.1. The predicted molar refractivity (Wildman–Crippen MR) is 86.3 cm³/mol. The summed E-state index contributed by atoms with van der Waals surface area (Å²) in [6, 6.07) is 8.40. The molecule has 0 saturated heterocycles. The normalized spacial score (nSPS) is 12.2. The van der Waals surface area contributed by atoms with Crippen LogP contribution in [0.25, 0.3) is 0 Å². The van der Waals surface area contributed by atoms with E-state index >= 15 is 0 Å². The Kier molecular flexibility index (Phi) is 7.13. The van der Waals surface area contributed by atoms with Crippen molar-refractivity contribution in [2.45, 2.75) is 65.5 Å². The van der Waals surface area contributed by atoms with Crippen LogP contribution in [0.4, 0.5) is 5.69 Å². The highest BCUT2D eigenvalue weighted by molar-refractivity contribution is 5.95. The number of unbranched alkanes of at least 4 members (excludes halogenated alkanes) is 1. The molecule has 3 heteroatoms. The molecule has 0 aliphatic rings. The van der Waals surface area contributed by atoms with Crippen LogP contribution in [0.5, 0.6) is 0 Å². The van der Waals surface area contributed by atoms with Gasteiger partial charge < -0.3 is 10.6 Å². The summed E-state index contributed by atoms with van der Waals surface area (Å²) in [7, 11) is 0. The molecule has 0 aliphatic heterocycles. The van der Waals surface area contributed by atoms with Crippen LogP contribution in [0.3, 0.4) is 0 Å². The summed E-state index contributed by atoms with van der Waals surface area (Å²) in [6.07, 6.45) is 4.73. The van der Waals surface area contributed by atoms with Gasteiger partial charge in [-0.25, -0.2) is 0 Å². The van der Waals surface area contributed by atoms with Crippen molar-refractivity contribution in [3.8, 4) is 0 Å². The van der Waals surface area contributed by atoms with Crippen molar-refractivity contribution in [3.63, 3.8) is 0 Å². The van der Waals surface area contributed by atoms with Gasteiger partial charge in [-0.2, -0.15) is 0 Å². The maximum Gasteiger partial charge on any atom is 0.251 e. The van der Waals surface area contributed by atoms with Crippen molar-refractivity contribution < 1.29 is 4.79 Å². The third kappa shape index (κ3) is 5.64. The van der Waals surface area contributed by atoms with Crippen molar-refractivity contribution in [2.75, 3.05) is 5.32 Å². The van der Waals surface area contributed by atoms with Crippen molar-refractivity contribution in [1.82, 2.24) is 5.32 Å². The lowest BCUT2D eigenvalue weighted by Gasteiger charge is -2.18. The Hall–Kier alpha value is -1.51. The van der Waals surface area contributed by atoms with Crippen LogP contribution < -0.4 is 10.6 Å². The van der Waals surface area contributed by atoms with Crippen LogP contribution in [0.15, 0.2) is 24.3 Å². The molecule has 0 spiro atoms. The molecule has 3 nitrogen and oxygen atoms in total. The molecule has 1 rings (SSSR count). The van der Waals surface area contributed by atoms with Gasteiger partial charge >= 0.3 is 0 Å². The van der Waals surface area contributed by atoms with E-state index in [-0.39, 0.29) is 11.9 Å². The maximum atomic E-state index is 12.0. The molecular formula is C17H28N2O. The number of carbonyl (C=O) groups is 1. The van der Waals surface area contributed by atoms with E-state index in [1.807, 2.05) is 38.1 Å². The van der Waals surface area contributed by atoms with Gasteiger partial charge in [-0.15, -0.1) is 0 Å². The number of anilines is 1. The summed E-state index contributed by atoms with van der Waals surface area (Å²) in [4.78, 5) is 12.0. The molecule has 0 bridgehead atoms. The monoisotopic (exact) mass is 276 g/mol. The number of nitrogens with one attached hydrogen (secondary N) is 2. The van der Waals surface area contributed by atoms with Gasteiger partial charge in [-0.1, -0.05) is 32.8 Å². The average Bonchev–Trinajstić information content (AvgIpc) is 2.43. The maximum absolute atomic E-state index is 12.0. The summed E-state index contributed by atoms with van der Waals surface area (Å²) in [6.45, 7) is 8.35. The third-order valence-electron chi connectivity index (χ3n) is 3.31. The van der Waals surface area contributed by atoms with E-state index in [4.69, 9.17) is 0 Å². The summed E-state index contributed by atoms with van der Waals surface area (Å²) in [5.41, 5.74) is 1.75. The van der Waals surface area contributed by atoms with Crippen LogP contribution >= 0.6 is 0 Å². The van der Waals surface area contributed by atoms with Crippen LogP contribution in [0.1, 0.15) is 63.7 Å². The first kappa shape index (κ1) is 16.5. The van der Waals surface area contributed by atoms with Crippen molar-refractivity contribution >= 4 is 11.6 Å². The lowest BCUT2D eigenvalue weighted by molar-refractivity contribution is 0.0943. The number of rotatable bonds is 8. The van der Waals surface area contributed by atoms with Crippen LogP contribution in [-0.2, 0) is 0 Å². The molecule has 1 aromatic carbocycles. The van der Waals surface area contributed by atoms with Gasteiger partial charge in [0.15, 0.2) is 0 Å². The van der Waals surface area contributed by atoms with Gasteiger partial charge in [-0.05, 0) is 44.9 Å². The molecule has 20 heavy (non-hydrogen) atoms. The van der Waals surface area contributed by atoms with Crippen LogP contribution in [0.2, 0.25) is 0 Å². The summed E-state index contributed by atoms with van der Waals surface area (Å²) in [5.74, 6) is -0.00902. The predicted octanol–water partition coefficient (Wildman–Crippen LogP) is 4.21. The standard InChI is InChI=1S/C17H28N2O/c1-5-7-10-15(6-2)19-16-11-8-9-14(12-16)17(20)18-13(3)4/h8-9,11-13,15,19H,5-7,10H2,1-4H3,(H,18,20). The second-order valence-electron chi connectivity index (χ2n) is 5.60. The molecule has 1 unspecified atom stereocenters. The Labute approximate surface area is 123 Å². The van der Waals surface area contributed by atoms with Gasteiger partial charge in [0, 0.05) is 23.3 Å². The van der Waals surface area contributed by atoms with E-state index in [1.54, 1.807) is 0 Å². The Morgan fingerprint density at radius 2 is 2.00 bits per heavy atom. The zero-order chi connectivity index (χ0) is 15.0. The second-order valence-corrected chi connectivity index (χ2v) is 5.60. The molecule has 0 heterocycles. The van der Waals surface area contributed by atoms with Gasteiger partial charge in [0.25, 0.3) is 5.91 Å². The quantitative estimate of drug-likeness (QED) is 0.747. The van der Waals surface area contributed by atoms with Gasteiger partial charge in [0.2, 0.25) is 0 Å². The first-order valence-electron chi connectivity index (χ1n) is 7.74. The largest absolute Gasteiger partial charge is 0.382 e. The van der Waals surface area contributed by atoms with E-state index in [2.05, 4.69) is 24.5 Å². The van der Waals surface area contributed by atoms with E-state index in [9.17, 15) is 4.79 Å². The molecule has 1 aromatic rings. The van der Waals surface area contributed by atoms with Gasteiger partial charge in [-0.3, -0.25) is 4.79 Å². The molecule has 0 radical (unpaired) electrons. The Bertz CT molecular complexity index is 415. The fourth-order valence-electron chi connectivity index (χ4n) is 2.16. The number of hydrogen-bond donors (Lipinski definition) is 2. The molecular weight excluding hydrogens is 248 g/mol. The zero-order valence-corrected chi connectivity index (χ0v) is 13.2. The molecule has 0 saturated carbocycles. The molecule has 1 amide bonds. The highest BCUT2D eigenvalue weighted by Gasteiger charge is 2.09. The van der Waals surface area contributed by atoms with E-state index in [0.29, 0.717) is 11.6 Å². The van der Waals surface area contributed by atoms with Crippen molar-refractivity contribution in [2.24, 2.45) is 0 Å². The van der Waals surface area contributed by atoms with E-state index < -0.39 is 0 Å². The fraction of sp³-hybridized carbons (Fsp3) is 0.588. The van der Waals surface area contributed by atoms with E-state index in [0.717, 1.165) is 12.1 Å². The van der Waals surface area contributed by atoms with Crippen LogP contribution in [-0.4, -0.2) is 18.0 Å². The third-order valence-corrected chi connectivity index (χ3v) is 3.31. The number of hydrogen-bond acceptors (Lipinski definition) is 2. The van der Waals surface area contributed by atoms with Gasteiger partial charge in [0.05, 0.1) is 0 Å². The number of carbonyl (C=O) groups excluding carboxylic acids is 1. The SMILES string of the molecule is CCCCC(CC)Nc1cccc(C(=O)NC(C)C)c1. The topological polar surface area (TPSA) is 41.1 Å². The van der Waals surface area contributed by atoms with Crippen molar-refractivity contribution in [1.29, 1.82) is 0 Å².